The summed E-state index contributed by atoms with van der Waals surface area (Å²) in [6, 6.07) is 0. The highest BCUT2D eigenvalue weighted by molar-refractivity contribution is 7.99. The third-order valence-electron chi connectivity index (χ3n) is 2.56. The predicted molar refractivity (Wildman–Crippen MR) is 62.9 cm³/mol. The van der Waals surface area contributed by atoms with Crippen molar-refractivity contribution in [3.05, 3.63) is 0 Å². The van der Waals surface area contributed by atoms with Gasteiger partial charge in [-0.05, 0) is 43.4 Å². The molecule has 0 amide bonds. The third kappa shape index (κ3) is 4.57. The summed E-state index contributed by atoms with van der Waals surface area (Å²) in [5.41, 5.74) is 0. The molecule has 0 N–H and O–H groups in total. The summed E-state index contributed by atoms with van der Waals surface area (Å²) in [4.78, 5) is 2.56. The van der Waals surface area contributed by atoms with Crippen LogP contribution in [0.3, 0.4) is 0 Å². The lowest BCUT2D eigenvalue weighted by atomic mass is 10.2. The third-order valence-corrected chi connectivity index (χ3v) is 3.98. The number of hydrogen-bond donors (Lipinski definition) is 0. The molecule has 0 saturated carbocycles. The lowest BCUT2D eigenvalue weighted by molar-refractivity contribution is 0.330. The number of alkyl halides is 1. The second-order valence-corrected chi connectivity index (χ2v) is 5.36. The molecule has 0 bridgehead atoms. The van der Waals surface area contributed by atoms with Gasteiger partial charge < -0.3 is 4.90 Å². The number of halogens is 1. The van der Waals surface area contributed by atoms with Crippen LogP contribution in [0.25, 0.3) is 0 Å². The molecule has 1 aliphatic heterocycles. The van der Waals surface area contributed by atoms with E-state index in [1.807, 2.05) is 11.8 Å². The first-order valence-corrected chi connectivity index (χ1v) is 6.91. The van der Waals surface area contributed by atoms with E-state index in [9.17, 15) is 0 Å². The SMILES string of the molecule is CCSCCCN1CCC(CCl)C1. The summed E-state index contributed by atoms with van der Waals surface area (Å²) in [6.45, 7) is 6.01. The highest BCUT2D eigenvalue weighted by Gasteiger charge is 2.20. The van der Waals surface area contributed by atoms with E-state index in [-0.39, 0.29) is 0 Å². The van der Waals surface area contributed by atoms with Crippen molar-refractivity contribution in [3.8, 4) is 0 Å². The highest BCUT2D eigenvalue weighted by Crippen LogP contribution is 2.17. The quantitative estimate of drug-likeness (QED) is 0.501. The van der Waals surface area contributed by atoms with E-state index in [1.165, 1.54) is 44.0 Å². The van der Waals surface area contributed by atoms with Crippen molar-refractivity contribution in [2.24, 2.45) is 5.92 Å². The molecule has 1 unspecified atom stereocenters. The first kappa shape index (κ1) is 11.7. The largest absolute Gasteiger partial charge is 0.303 e. The van der Waals surface area contributed by atoms with Crippen molar-refractivity contribution >= 4 is 23.4 Å². The molecule has 0 aromatic heterocycles. The van der Waals surface area contributed by atoms with Gasteiger partial charge in [0.05, 0.1) is 0 Å². The second-order valence-electron chi connectivity index (χ2n) is 3.66. The maximum atomic E-state index is 5.83. The first-order chi connectivity index (χ1) is 6.36. The van der Waals surface area contributed by atoms with E-state index in [0.29, 0.717) is 0 Å². The highest BCUT2D eigenvalue weighted by atomic mass is 35.5. The van der Waals surface area contributed by atoms with Gasteiger partial charge in [-0.3, -0.25) is 0 Å². The zero-order valence-electron chi connectivity index (χ0n) is 8.47. The van der Waals surface area contributed by atoms with Gasteiger partial charge in [0, 0.05) is 12.4 Å². The Balaban J connectivity index is 1.97. The van der Waals surface area contributed by atoms with Gasteiger partial charge in [0.2, 0.25) is 0 Å². The predicted octanol–water partition coefficient (Wildman–Crippen LogP) is 2.69. The van der Waals surface area contributed by atoms with Crippen LogP contribution in [-0.2, 0) is 0 Å². The van der Waals surface area contributed by atoms with Crippen LogP contribution in [0, 0.1) is 5.92 Å². The monoisotopic (exact) mass is 221 g/mol. The molecular weight excluding hydrogens is 202 g/mol. The first-order valence-electron chi connectivity index (χ1n) is 5.23. The topological polar surface area (TPSA) is 3.24 Å². The fourth-order valence-corrected chi connectivity index (χ4v) is 2.65. The molecule has 1 heterocycles. The standard InChI is InChI=1S/C10H20ClNS/c1-2-13-7-3-5-12-6-4-10(8-11)9-12/h10H,2-9H2,1H3. The summed E-state index contributed by atoms with van der Waals surface area (Å²) >= 11 is 7.87. The van der Waals surface area contributed by atoms with Gasteiger partial charge in [-0.1, -0.05) is 6.92 Å². The summed E-state index contributed by atoms with van der Waals surface area (Å²) in [6.07, 6.45) is 2.65. The van der Waals surface area contributed by atoms with Crippen molar-refractivity contribution in [2.45, 2.75) is 19.8 Å². The van der Waals surface area contributed by atoms with Crippen molar-refractivity contribution in [2.75, 3.05) is 37.0 Å². The molecule has 1 nitrogen and oxygen atoms in total. The maximum Gasteiger partial charge on any atom is 0.0264 e. The Kier molecular flexibility index (Phi) is 6.26. The number of nitrogens with zero attached hydrogens (tertiary/aromatic N) is 1. The normalized spacial score (nSPS) is 24.0. The van der Waals surface area contributed by atoms with Gasteiger partial charge in [0.25, 0.3) is 0 Å². The molecule has 0 spiro atoms. The van der Waals surface area contributed by atoms with E-state index in [0.717, 1.165) is 11.8 Å². The molecule has 0 radical (unpaired) electrons. The Morgan fingerprint density at radius 1 is 1.54 bits per heavy atom. The Morgan fingerprint density at radius 3 is 3.00 bits per heavy atom. The van der Waals surface area contributed by atoms with Gasteiger partial charge in [0.1, 0.15) is 0 Å². The van der Waals surface area contributed by atoms with Crippen molar-refractivity contribution in [1.29, 1.82) is 0 Å². The van der Waals surface area contributed by atoms with Gasteiger partial charge in [-0.2, -0.15) is 11.8 Å². The van der Waals surface area contributed by atoms with Crippen LogP contribution in [0.1, 0.15) is 19.8 Å². The van der Waals surface area contributed by atoms with Gasteiger partial charge in [0.15, 0.2) is 0 Å². The van der Waals surface area contributed by atoms with Crippen LogP contribution < -0.4 is 0 Å². The zero-order valence-corrected chi connectivity index (χ0v) is 10.0. The van der Waals surface area contributed by atoms with Crippen molar-refractivity contribution < 1.29 is 0 Å². The van der Waals surface area contributed by atoms with Crippen LogP contribution in [0.2, 0.25) is 0 Å². The van der Waals surface area contributed by atoms with E-state index >= 15 is 0 Å². The zero-order chi connectivity index (χ0) is 9.52. The number of thioether (sulfide) groups is 1. The van der Waals surface area contributed by atoms with Gasteiger partial charge in [-0.25, -0.2) is 0 Å². The van der Waals surface area contributed by atoms with Crippen LogP contribution in [0.5, 0.6) is 0 Å². The van der Waals surface area contributed by atoms with E-state index < -0.39 is 0 Å². The molecule has 1 fully saturated rings. The number of hydrogen-bond acceptors (Lipinski definition) is 2. The fraction of sp³-hybridized carbons (Fsp3) is 1.00. The lowest BCUT2D eigenvalue weighted by Gasteiger charge is -2.14. The Bertz CT molecular complexity index is 132. The number of likely N-dealkylation sites (tertiary alicyclic amines) is 1. The molecule has 1 rings (SSSR count). The molecule has 1 saturated heterocycles. The van der Waals surface area contributed by atoms with Crippen molar-refractivity contribution in [3.63, 3.8) is 0 Å². The summed E-state index contributed by atoms with van der Waals surface area (Å²) in [7, 11) is 0. The average molecular weight is 222 g/mol. The maximum absolute atomic E-state index is 5.83. The lowest BCUT2D eigenvalue weighted by Crippen LogP contribution is -2.22. The minimum atomic E-state index is 0.764. The van der Waals surface area contributed by atoms with E-state index in [1.54, 1.807) is 0 Å². The molecule has 78 valence electrons. The van der Waals surface area contributed by atoms with Crippen molar-refractivity contribution in [1.82, 2.24) is 4.90 Å². The van der Waals surface area contributed by atoms with Crippen LogP contribution >= 0.6 is 23.4 Å². The minimum Gasteiger partial charge on any atom is -0.303 e. The molecular formula is C10H20ClNS. The molecule has 0 aromatic rings. The number of rotatable bonds is 6. The van der Waals surface area contributed by atoms with Crippen LogP contribution in [0.15, 0.2) is 0 Å². The Hall–Kier alpha value is 0.600. The fourth-order valence-electron chi connectivity index (χ4n) is 1.78. The summed E-state index contributed by atoms with van der Waals surface area (Å²) in [5.74, 6) is 4.18. The smallest absolute Gasteiger partial charge is 0.0264 e. The second kappa shape index (κ2) is 6.97. The van der Waals surface area contributed by atoms with E-state index in [4.69, 9.17) is 11.6 Å². The minimum absolute atomic E-state index is 0.764. The Morgan fingerprint density at radius 2 is 2.38 bits per heavy atom. The molecule has 0 aromatic carbocycles. The molecule has 1 atom stereocenters. The van der Waals surface area contributed by atoms with Crippen LogP contribution in [0.4, 0.5) is 0 Å². The molecule has 0 aliphatic carbocycles. The molecule has 1 aliphatic rings. The van der Waals surface area contributed by atoms with Gasteiger partial charge >= 0.3 is 0 Å². The Labute approximate surface area is 91.2 Å². The average Bonchev–Trinajstić information content (AvgIpc) is 2.60. The summed E-state index contributed by atoms with van der Waals surface area (Å²) < 4.78 is 0. The molecule has 3 heteroatoms. The molecule has 13 heavy (non-hydrogen) atoms. The summed E-state index contributed by atoms with van der Waals surface area (Å²) in [5, 5.41) is 0. The van der Waals surface area contributed by atoms with E-state index in [2.05, 4.69) is 11.8 Å². The van der Waals surface area contributed by atoms with Crippen LogP contribution in [-0.4, -0.2) is 41.9 Å². The van der Waals surface area contributed by atoms with Gasteiger partial charge in [-0.15, -0.1) is 11.6 Å².